The van der Waals surface area contributed by atoms with Crippen LogP contribution in [-0.2, 0) is 16.6 Å². The Hall–Kier alpha value is -2.72. The van der Waals surface area contributed by atoms with E-state index in [-0.39, 0.29) is 21.4 Å². The van der Waals surface area contributed by atoms with Crippen molar-refractivity contribution in [1.29, 1.82) is 0 Å². The van der Waals surface area contributed by atoms with Crippen LogP contribution in [0.25, 0.3) is 10.2 Å². The summed E-state index contributed by atoms with van der Waals surface area (Å²) in [6, 6.07) is 13.5. The number of thiophene rings is 1. The molecule has 2 aromatic carbocycles. The first-order valence-corrected chi connectivity index (χ1v) is 13.3. The highest BCUT2D eigenvalue weighted by Gasteiger charge is 2.17. The van der Waals surface area contributed by atoms with Gasteiger partial charge in [0.15, 0.2) is 11.6 Å². The first-order chi connectivity index (χ1) is 16.3. The first-order valence-electron chi connectivity index (χ1n) is 10.6. The van der Waals surface area contributed by atoms with E-state index in [1.807, 2.05) is 6.07 Å². The van der Waals surface area contributed by atoms with Gasteiger partial charge in [0, 0.05) is 34.8 Å². The Kier molecular flexibility index (Phi) is 7.37. The van der Waals surface area contributed by atoms with Crippen molar-refractivity contribution in [3.63, 3.8) is 0 Å². The van der Waals surface area contributed by atoms with Gasteiger partial charge in [-0.1, -0.05) is 31.5 Å². The van der Waals surface area contributed by atoms with Gasteiger partial charge >= 0.3 is 0 Å². The number of nitrogens with zero attached hydrogens (tertiary/aromatic N) is 2. The Morgan fingerprint density at radius 1 is 1.09 bits per heavy atom. The van der Waals surface area contributed by atoms with Crippen LogP contribution in [0.2, 0.25) is 5.02 Å². The van der Waals surface area contributed by atoms with E-state index in [0.29, 0.717) is 5.75 Å². The first kappa shape index (κ1) is 24.4. The van der Waals surface area contributed by atoms with Crippen LogP contribution >= 0.6 is 22.9 Å². The smallest absolute Gasteiger partial charge is 0.261 e. The van der Waals surface area contributed by atoms with Crippen molar-refractivity contribution in [2.24, 2.45) is 0 Å². The average Bonchev–Trinajstić information content (AvgIpc) is 3.22. The van der Waals surface area contributed by atoms with Crippen LogP contribution in [0, 0.1) is 5.82 Å². The van der Waals surface area contributed by atoms with E-state index in [0.717, 1.165) is 40.8 Å². The highest BCUT2D eigenvalue weighted by Crippen LogP contribution is 2.36. The standard InChI is InChI=1S/C24H23ClFN3O3S2/c1-3-29(4-2)15-18-14-21-24(33-18)23(10-11-27-21)32-22-9-8-17(13-20(22)26)28-34(30,31)19-7-5-6-16(25)12-19/h5-14,28H,3-4,15H2,1-2H3. The van der Waals surface area contributed by atoms with Crippen LogP contribution in [0.15, 0.2) is 65.7 Å². The molecule has 2 aromatic heterocycles. The number of ether oxygens (including phenoxy) is 1. The van der Waals surface area contributed by atoms with Crippen molar-refractivity contribution in [3.05, 3.63) is 76.5 Å². The molecule has 0 atom stereocenters. The Labute approximate surface area is 207 Å². The molecule has 0 aliphatic rings. The number of benzene rings is 2. The molecule has 0 spiro atoms. The predicted octanol–water partition coefficient (Wildman–Crippen LogP) is 6.52. The van der Waals surface area contributed by atoms with E-state index in [2.05, 4.69) is 28.5 Å². The summed E-state index contributed by atoms with van der Waals surface area (Å²) in [5.41, 5.74) is 0.860. The van der Waals surface area contributed by atoms with Gasteiger partial charge in [-0.15, -0.1) is 11.3 Å². The lowest BCUT2D eigenvalue weighted by molar-refractivity contribution is 0.298. The number of pyridine rings is 1. The molecule has 4 aromatic rings. The molecule has 0 aliphatic heterocycles. The lowest BCUT2D eigenvalue weighted by Gasteiger charge is -2.16. The molecule has 34 heavy (non-hydrogen) atoms. The number of hydrogen-bond donors (Lipinski definition) is 1. The van der Waals surface area contributed by atoms with Crippen molar-refractivity contribution >= 4 is 48.9 Å². The lowest BCUT2D eigenvalue weighted by atomic mass is 10.3. The average molecular weight is 520 g/mol. The summed E-state index contributed by atoms with van der Waals surface area (Å²) in [4.78, 5) is 7.84. The molecule has 178 valence electrons. The second-order valence-electron chi connectivity index (χ2n) is 7.51. The normalized spacial score (nSPS) is 11.8. The Bertz CT molecular complexity index is 1420. The molecule has 6 nitrogen and oxygen atoms in total. The zero-order valence-corrected chi connectivity index (χ0v) is 21.0. The molecular formula is C24H23ClFN3O3S2. The number of rotatable bonds is 9. The summed E-state index contributed by atoms with van der Waals surface area (Å²) in [7, 11) is -3.92. The number of sulfonamides is 1. The van der Waals surface area contributed by atoms with Gasteiger partial charge in [0.2, 0.25) is 0 Å². The third kappa shape index (κ3) is 5.50. The topological polar surface area (TPSA) is 71.5 Å². The molecule has 0 saturated heterocycles. The molecule has 10 heteroatoms. The minimum atomic E-state index is -3.92. The number of aromatic nitrogens is 1. The molecule has 0 unspecified atom stereocenters. The quantitative estimate of drug-likeness (QED) is 0.272. The number of anilines is 1. The molecule has 2 heterocycles. The van der Waals surface area contributed by atoms with E-state index >= 15 is 0 Å². The summed E-state index contributed by atoms with van der Waals surface area (Å²) in [6.07, 6.45) is 1.62. The van der Waals surface area contributed by atoms with Gasteiger partial charge in [0.05, 0.1) is 20.8 Å². The maximum absolute atomic E-state index is 14.8. The highest BCUT2D eigenvalue weighted by atomic mass is 35.5. The van der Waals surface area contributed by atoms with Gasteiger partial charge in [-0.05, 0) is 49.5 Å². The zero-order chi connectivity index (χ0) is 24.3. The van der Waals surface area contributed by atoms with Gasteiger partial charge in [0.1, 0.15) is 5.75 Å². The Balaban J connectivity index is 1.55. The van der Waals surface area contributed by atoms with E-state index in [1.165, 1.54) is 30.3 Å². The number of nitrogens with one attached hydrogen (secondary N) is 1. The fourth-order valence-electron chi connectivity index (χ4n) is 3.40. The van der Waals surface area contributed by atoms with Gasteiger partial charge in [-0.25, -0.2) is 12.8 Å². The zero-order valence-electron chi connectivity index (χ0n) is 18.6. The van der Waals surface area contributed by atoms with Crippen LogP contribution in [0.5, 0.6) is 11.5 Å². The van der Waals surface area contributed by atoms with Gasteiger partial charge in [-0.3, -0.25) is 14.6 Å². The van der Waals surface area contributed by atoms with Crippen molar-refractivity contribution in [2.75, 3.05) is 17.8 Å². The summed E-state index contributed by atoms with van der Waals surface area (Å²) < 4.78 is 49.1. The minimum Gasteiger partial charge on any atom is -0.453 e. The van der Waals surface area contributed by atoms with Gasteiger partial charge in [0.25, 0.3) is 10.0 Å². The van der Waals surface area contributed by atoms with Crippen molar-refractivity contribution in [3.8, 4) is 11.5 Å². The van der Waals surface area contributed by atoms with Crippen molar-refractivity contribution < 1.29 is 17.5 Å². The molecule has 0 saturated carbocycles. The van der Waals surface area contributed by atoms with Crippen LogP contribution < -0.4 is 9.46 Å². The number of fused-ring (bicyclic) bond motifs is 1. The Morgan fingerprint density at radius 2 is 1.88 bits per heavy atom. The lowest BCUT2D eigenvalue weighted by Crippen LogP contribution is -2.21. The summed E-state index contributed by atoms with van der Waals surface area (Å²) in [5, 5.41) is 0.287. The molecule has 1 N–H and O–H groups in total. The van der Waals surface area contributed by atoms with Crippen LogP contribution in [0.3, 0.4) is 0 Å². The number of halogens is 2. The molecule has 0 aliphatic carbocycles. The SMILES string of the molecule is CCN(CC)Cc1cc2nccc(Oc3ccc(NS(=O)(=O)c4cccc(Cl)c4)cc3F)c2s1. The second-order valence-corrected chi connectivity index (χ2v) is 10.8. The summed E-state index contributed by atoms with van der Waals surface area (Å²) in [6.45, 7) is 6.93. The fourth-order valence-corrected chi connectivity index (χ4v) is 5.86. The van der Waals surface area contributed by atoms with Crippen molar-refractivity contribution in [2.45, 2.75) is 25.3 Å². The Morgan fingerprint density at radius 3 is 2.59 bits per heavy atom. The van der Waals surface area contributed by atoms with Gasteiger partial charge in [-0.2, -0.15) is 0 Å². The van der Waals surface area contributed by atoms with E-state index in [1.54, 1.807) is 29.7 Å². The van der Waals surface area contributed by atoms with Gasteiger partial charge < -0.3 is 4.74 Å². The van der Waals surface area contributed by atoms with Crippen LogP contribution in [0.4, 0.5) is 10.1 Å². The van der Waals surface area contributed by atoms with E-state index in [4.69, 9.17) is 16.3 Å². The van der Waals surface area contributed by atoms with Crippen LogP contribution in [0.1, 0.15) is 18.7 Å². The second kappa shape index (κ2) is 10.3. The summed E-state index contributed by atoms with van der Waals surface area (Å²) >= 11 is 7.45. The van der Waals surface area contributed by atoms with E-state index in [9.17, 15) is 12.8 Å². The predicted molar refractivity (Wildman–Crippen MR) is 135 cm³/mol. The monoisotopic (exact) mass is 519 g/mol. The number of hydrogen-bond acceptors (Lipinski definition) is 6. The fraction of sp³-hybridized carbons (Fsp3) is 0.208. The third-order valence-electron chi connectivity index (χ3n) is 5.21. The largest absolute Gasteiger partial charge is 0.453 e. The highest BCUT2D eigenvalue weighted by molar-refractivity contribution is 7.92. The molecular weight excluding hydrogens is 497 g/mol. The summed E-state index contributed by atoms with van der Waals surface area (Å²) in [5.74, 6) is -0.222. The third-order valence-corrected chi connectivity index (χ3v) is 7.95. The maximum atomic E-state index is 14.8. The molecule has 0 fully saturated rings. The van der Waals surface area contributed by atoms with Crippen molar-refractivity contribution in [1.82, 2.24) is 9.88 Å². The van der Waals surface area contributed by atoms with Crippen LogP contribution in [-0.4, -0.2) is 31.4 Å². The maximum Gasteiger partial charge on any atom is 0.261 e. The molecule has 4 rings (SSSR count). The molecule has 0 bridgehead atoms. The molecule has 0 amide bonds. The van der Waals surface area contributed by atoms with E-state index < -0.39 is 15.8 Å². The minimum absolute atomic E-state index is 0.0156. The molecule has 0 radical (unpaired) electrons.